The van der Waals surface area contributed by atoms with Gasteiger partial charge in [-0.05, 0) is 31.4 Å². The standard InChI is InChI=1S/C18H26N6O/c1-12-10-20-4-3-15(12)21-5-6-22-17-9-16(13-7-14(19)8-13)23-18(24-17)11-25-2/h3-4,9-10,13-14H,5-8,11,19H2,1-2H3,(H,20,21)(H,22,23,24). The first-order valence-electron chi connectivity index (χ1n) is 8.66. The first kappa shape index (κ1) is 17.6. The van der Waals surface area contributed by atoms with Crippen LogP contribution in [0.2, 0.25) is 0 Å². The van der Waals surface area contributed by atoms with Crippen LogP contribution in [0.25, 0.3) is 0 Å². The fraction of sp³-hybridized carbons (Fsp3) is 0.500. The molecule has 2 aromatic rings. The van der Waals surface area contributed by atoms with E-state index in [4.69, 9.17) is 10.5 Å². The molecule has 4 N–H and O–H groups in total. The molecular formula is C18H26N6O. The number of methoxy groups -OCH3 is 1. The normalized spacial score (nSPS) is 19.3. The fourth-order valence-electron chi connectivity index (χ4n) is 2.97. The van der Waals surface area contributed by atoms with Crippen molar-refractivity contribution < 1.29 is 4.74 Å². The van der Waals surface area contributed by atoms with Gasteiger partial charge in [-0.25, -0.2) is 9.97 Å². The second kappa shape index (κ2) is 8.22. The van der Waals surface area contributed by atoms with E-state index >= 15 is 0 Å². The molecule has 0 bridgehead atoms. The van der Waals surface area contributed by atoms with Crippen molar-refractivity contribution in [2.24, 2.45) is 5.73 Å². The summed E-state index contributed by atoms with van der Waals surface area (Å²) >= 11 is 0. The molecule has 25 heavy (non-hydrogen) atoms. The highest BCUT2D eigenvalue weighted by Crippen LogP contribution is 2.35. The molecule has 7 nitrogen and oxygen atoms in total. The molecule has 7 heteroatoms. The van der Waals surface area contributed by atoms with Crippen LogP contribution < -0.4 is 16.4 Å². The van der Waals surface area contributed by atoms with Crippen molar-refractivity contribution >= 4 is 11.5 Å². The number of nitrogens with one attached hydrogen (secondary N) is 2. The van der Waals surface area contributed by atoms with E-state index in [2.05, 4.69) is 25.6 Å². The Morgan fingerprint density at radius 1 is 1.24 bits per heavy atom. The van der Waals surface area contributed by atoms with Crippen molar-refractivity contribution in [3.8, 4) is 0 Å². The maximum absolute atomic E-state index is 5.91. The number of nitrogens with two attached hydrogens (primary N) is 1. The lowest BCUT2D eigenvalue weighted by molar-refractivity contribution is 0.177. The van der Waals surface area contributed by atoms with Crippen LogP contribution in [0.4, 0.5) is 11.5 Å². The van der Waals surface area contributed by atoms with Gasteiger partial charge in [0.2, 0.25) is 0 Å². The molecule has 2 heterocycles. The van der Waals surface area contributed by atoms with E-state index in [0.717, 1.165) is 48.7 Å². The van der Waals surface area contributed by atoms with Crippen LogP contribution in [-0.4, -0.2) is 41.2 Å². The van der Waals surface area contributed by atoms with Crippen molar-refractivity contribution in [3.63, 3.8) is 0 Å². The van der Waals surface area contributed by atoms with E-state index in [1.165, 1.54) is 0 Å². The molecule has 0 aliphatic heterocycles. The Morgan fingerprint density at radius 3 is 2.76 bits per heavy atom. The average Bonchev–Trinajstić information content (AvgIpc) is 2.57. The summed E-state index contributed by atoms with van der Waals surface area (Å²) in [6.45, 7) is 4.00. The molecule has 0 radical (unpaired) electrons. The number of ether oxygens (including phenoxy) is 1. The monoisotopic (exact) mass is 342 g/mol. The molecule has 3 rings (SSSR count). The Kier molecular flexibility index (Phi) is 5.78. The third kappa shape index (κ3) is 4.64. The number of pyridine rings is 1. The Bertz CT molecular complexity index is 702. The Morgan fingerprint density at radius 2 is 2.04 bits per heavy atom. The summed E-state index contributed by atoms with van der Waals surface area (Å²) in [7, 11) is 1.66. The van der Waals surface area contributed by atoms with E-state index in [1.54, 1.807) is 13.3 Å². The molecule has 1 aliphatic rings. The van der Waals surface area contributed by atoms with Gasteiger partial charge >= 0.3 is 0 Å². The zero-order valence-corrected chi connectivity index (χ0v) is 14.8. The highest BCUT2D eigenvalue weighted by Gasteiger charge is 2.29. The second-order valence-corrected chi connectivity index (χ2v) is 6.50. The van der Waals surface area contributed by atoms with Crippen LogP contribution in [-0.2, 0) is 11.3 Å². The minimum Gasteiger partial charge on any atom is -0.383 e. The molecule has 0 saturated heterocycles. The third-order valence-electron chi connectivity index (χ3n) is 4.43. The Balaban J connectivity index is 1.58. The molecule has 2 aromatic heterocycles. The van der Waals surface area contributed by atoms with Gasteiger partial charge in [0.1, 0.15) is 12.4 Å². The molecule has 0 aromatic carbocycles. The van der Waals surface area contributed by atoms with Crippen molar-refractivity contribution in [1.82, 2.24) is 15.0 Å². The number of rotatable bonds is 8. The zero-order valence-electron chi connectivity index (χ0n) is 14.8. The number of aromatic nitrogens is 3. The lowest BCUT2D eigenvalue weighted by Crippen LogP contribution is -2.35. The molecule has 0 spiro atoms. The highest BCUT2D eigenvalue weighted by molar-refractivity contribution is 5.48. The SMILES string of the molecule is COCc1nc(NCCNc2ccncc2C)cc(C2CC(N)C2)n1. The van der Waals surface area contributed by atoms with E-state index in [0.29, 0.717) is 24.4 Å². The quantitative estimate of drug-likeness (QED) is 0.632. The topological polar surface area (TPSA) is 98.0 Å². The van der Waals surface area contributed by atoms with Gasteiger partial charge in [0, 0.05) is 62.0 Å². The van der Waals surface area contributed by atoms with Gasteiger partial charge in [-0.15, -0.1) is 0 Å². The van der Waals surface area contributed by atoms with Gasteiger partial charge in [-0.2, -0.15) is 0 Å². The first-order valence-corrected chi connectivity index (χ1v) is 8.66. The van der Waals surface area contributed by atoms with Crippen molar-refractivity contribution in [1.29, 1.82) is 0 Å². The maximum Gasteiger partial charge on any atom is 0.156 e. The summed E-state index contributed by atoms with van der Waals surface area (Å²) in [5.41, 5.74) is 9.21. The van der Waals surface area contributed by atoms with Crippen LogP contribution >= 0.6 is 0 Å². The second-order valence-electron chi connectivity index (χ2n) is 6.50. The molecule has 0 amide bonds. The number of hydrogen-bond donors (Lipinski definition) is 3. The zero-order chi connectivity index (χ0) is 17.6. The third-order valence-corrected chi connectivity index (χ3v) is 4.43. The Labute approximate surface area is 148 Å². The van der Waals surface area contributed by atoms with E-state index in [9.17, 15) is 0 Å². The van der Waals surface area contributed by atoms with Gasteiger partial charge in [0.05, 0.1) is 0 Å². The van der Waals surface area contributed by atoms with Gasteiger partial charge < -0.3 is 21.1 Å². The van der Waals surface area contributed by atoms with E-state index in [1.807, 2.05) is 25.3 Å². The number of hydrogen-bond acceptors (Lipinski definition) is 7. The number of aryl methyl sites for hydroxylation is 1. The molecule has 134 valence electrons. The molecule has 1 fully saturated rings. The molecular weight excluding hydrogens is 316 g/mol. The summed E-state index contributed by atoms with van der Waals surface area (Å²) in [5, 5.41) is 6.77. The largest absolute Gasteiger partial charge is 0.383 e. The lowest BCUT2D eigenvalue weighted by atomic mass is 9.78. The minimum absolute atomic E-state index is 0.301. The van der Waals surface area contributed by atoms with Gasteiger partial charge in [-0.3, -0.25) is 4.98 Å². The van der Waals surface area contributed by atoms with Crippen molar-refractivity contribution in [3.05, 3.63) is 41.6 Å². The lowest BCUT2D eigenvalue weighted by Gasteiger charge is -2.32. The van der Waals surface area contributed by atoms with Crippen LogP contribution in [0.15, 0.2) is 24.5 Å². The fourth-order valence-corrected chi connectivity index (χ4v) is 2.97. The molecule has 1 saturated carbocycles. The Hall–Kier alpha value is -2.25. The van der Waals surface area contributed by atoms with Crippen LogP contribution in [0, 0.1) is 6.92 Å². The van der Waals surface area contributed by atoms with Gasteiger partial charge in [0.15, 0.2) is 5.82 Å². The summed E-state index contributed by atoms with van der Waals surface area (Å²) in [4.78, 5) is 13.2. The van der Waals surface area contributed by atoms with Crippen LogP contribution in [0.5, 0.6) is 0 Å². The summed E-state index contributed by atoms with van der Waals surface area (Å²) in [5.74, 6) is 1.98. The van der Waals surface area contributed by atoms with E-state index in [-0.39, 0.29) is 0 Å². The summed E-state index contributed by atoms with van der Waals surface area (Å²) in [6.07, 6.45) is 5.63. The van der Waals surface area contributed by atoms with E-state index < -0.39 is 0 Å². The maximum atomic E-state index is 5.91. The summed E-state index contributed by atoms with van der Waals surface area (Å²) in [6, 6.07) is 4.32. The predicted molar refractivity (Wildman–Crippen MR) is 98.6 cm³/mol. The number of nitrogens with zero attached hydrogens (tertiary/aromatic N) is 3. The predicted octanol–water partition coefficient (Wildman–Crippen LogP) is 2.06. The molecule has 0 atom stereocenters. The first-order chi connectivity index (χ1) is 12.2. The van der Waals surface area contributed by atoms with Gasteiger partial charge in [0.25, 0.3) is 0 Å². The van der Waals surface area contributed by atoms with Crippen LogP contribution in [0.1, 0.15) is 35.8 Å². The minimum atomic E-state index is 0.301. The van der Waals surface area contributed by atoms with Crippen molar-refractivity contribution in [2.75, 3.05) is 30.8 Å². The highest BCUT2D eigenvalue weighted by atomic mass is 16.5. The summed E-state index contributed by atoms with van der Waals surface area (Å²) < 4.78 is 5.19. The van der Waals surface area contributed by atoms with Crippen LogP contribution in [0.3, 0.4) is 0 Å². The molecule has 1 aliphatic carbocycles. The smallest absolute Gasteiger partial charge is 0.156 e. The number of anilines is 2. The van der Waals surface area contributed by atoms with Crippen molar-refractivity contribution in [2.45, 2.75) is 38.3 Å². The van der Waals surface area contributed by atoms with Gasteiger partial charge in [-0.1, -0.05) is 0 Å². The average molecular weight is 342 g/mol. The molecule has 0 unspecified atom stereocenters.